The number of hydrogen-bond donors (Lipinski definition) is 0. The van der Waals surface area contributed by atoms with Crippen LogP contribution >= 0.6 is 0 Å². The molecule has 0 radical (unpaired) electrons. The molecule has 0 aliphatic heterocycles. The van der Waals surface area contributed by atoms with Gasteiger partial charge < -0.3 is 0 Å². The van der Waals surface area contributed by atoms with Crippen LogP contribution in [0.3, 0.4) is 0 Å². The van der Waals surface area contributed by atoms with E-state index in [-0.39, 0.29) is 0 Å². The maximum absolute atomic E-state index is 3.40. The maximum atomic E-state index is 2.58. The first-order valence-corrected chi connectivity index (χ1v) is 13.3. The van der Waals surface area contributed by atoms with Gasteiger partial charge >= 0.3 is 116 Å². The van der Waals surface area contributed by atoms with Crippen LogP contribution in [-0.2, 0) is 19.7 Å². The fraction of sp³-hybridized carbons (Fsp3) is 0.714. The first-order valence-electron chi connectivity index (χ1n) is 6.87. The van der Waals surface area contributed by atoms with Gasteiger partial charge in [-0.15, -0.1) is 0 Å². The van der Waals surface area contributed by atoms with E-state index < -0.39 is 19.7 Å². The Morgan fingerprint density at radius 2 is 1.22 bits per heavy atom. The number of hydrogen-bond acceptors (Lipinski definition) is 3. The second-order valence-corrected chi connectivity index (χ2v) is 22.3. The standard InChI is InChI=1S/C5H5.C3H7.3C2H6N.Zr/c1-2-4-5-3-1;4*1-3-2;/h1-5H;1,3H2,2H3;3*1-2H3;/q;;3*-1;+3. The summed E-state index contributed by atoms with van der Waals surface area (Å²) >= 11 is -3.40. The third-order valence-electron chi connectivity index (χ3n) is 5.08. The normalized spacial score (nSPS) is 19.1. The van der Waals surface area contributed by atoms with E-state index in [1.165, 1.54) is 10.5 Å². The fourth-order valence-corrected chi connectivity index (χ4v) is 23.5. The summed E-state index contributed by atoms with van der Waals surface area (Å²) < 4.78 is 9.61. The van der Waals surface area contributed by atoms with Crippen molar-refractivity contribution >= 4 is 0 Å². The molecule has 18 heavy (non-hydrogen) atoms. The van der Waals surface area contributed by atoms with E-state index in [1.54, 1.807) is 0 Å². The van der Waals surface area contributed by atoms with Gasteiger partial charge in [-0.2, -0.15) is 0 Å². The van der Waals surface area contributed by atoms with Gasteiger partial charge in [0.2, 0.25) is 0 Å². The van der Waals surface area contributed by atoms with Crippen molar-refractivity contribution in [2.24, 2.45) is 0 Å². The topological polar surface area (TPSA) is 9.72 Å². The van der Waals surface area contributed by atoms with Crippen LogP contribution in [0.25, 0.3) is 0 Å². The summed E-state index contributed by atoms with van der Waals surface area (Å²) in [7, 11) is 13.7. The molecule has 0 aromatic heterocycles. The molecule has 0 heterocycles. The minimum absolute atomic E-state index is 0.575. The molecule has 3 nitrogen and oxygen atoms in total. The molecule has 0 saturated heterocycles. The van der Waals surface area contributed by atoms with Gasteiger partial charge in [-0.1, -0.05) is 0 Å². The van der Waals surface area contributed by atoms with Gasteiger partial charge in [0.05, 0.1) is 0 Å². The van der Waals surface area contributed by atoms with Crippen LogP contribution in [0.1, 0.15) is 13.3 Å². The molecule has 0 saturated carbocycles. The van der Waals surface area contributed by atoms with Crippen molar-refractivity contribution in [1.29, 1.82) is 0 Å². The van der Waals surface area contributed by atoms with Crippen molar-refractivity contribution in [2.75, 3.05) is 42.3 Å². The van der Waals surface area contributed by atoms with Gasteiger partial charge in [0, 0.05) is 0 Å². The third-order valence-corrected chi connectivity index (χ3v) is 27.3. The molecular weight excluding hydrogens is 301 g/mol. The Balaban J connectivity index is 3.52. The SMILES string of the molecule is CC[CH2][Zr]([CH]1C=CC=C1)([N](C)C)([N](C)C)[N](C)C. The zero-order chi connectivity index (χ0) is 14.0. The molecular formula is C14H30N3Zr. The average molecular weight is 332 g/mol. The molecule has 1 rings (SSSR count). The predicted octanol–water partition coefficient (Wildman–Crippen LogP) is 2.85. The number of allylic oxidation sites excluding steroid dienone is 4. The van der Waals surface area contributed by atoms with Gasteiger partial charge in [0.15, 0.2) is 0 Å². The fourth-order valence-electron chi connectivity index (χ4n) is 4.24. The van der Waals surface area contributed by atoms with E-state index in [4.69, 9.17) is 0 Å². The van der Waals surface area contributed by atoms with Gasteiger partial charge in [-0.3, -0.25) is 0 Å². The Kier molecular flexibility index (Phi) is 5.16. The Hall–Kier alpha value is 0.243. The summed E-state index contributed by atoms with van der Waals surface area (Å²) in [6, 6.07) is 0. The van der Waals surface area contributed by atoms with Crippen LogP contribution < -0.4 is 0 Å². The van der Waals surface area contributed by atoms with E-state index in [1.807, 2.05) is 0 Å². The Labute approximate surface area is 115 Å². The molecule has 1 aliphatic rings. The van der Waals surface area contributed by atoms with Gasteiger partial charge in [-0.05, 0) is 0 Å². The molecule has 0 amide bonds. The predicted molar refractivity (Wildman–Crippen MR) is 78.2 cm³/mol. The first kappa shape index (κ1) is 16.3. The molecule has 0 aromatic rings. The van der Waals surface area contributed by atoms with E-state index in [9.17, 15) is 0 Å². The van der Waals surface area contributed by atoms with Crippen molar-refractivity contribution in [2.45, 2.75) is 21.1 Å². The average Bonchev–Trinajstić information content (AvgIpc) is 2.78. The summed E-state index contributed by atoms with van der Waals surface area (Å²) in [6.07, 6.45) is 10.5. The van der Waals surface area contributed by atoms with Crippen LogP contribution in [-0.4, -0.2) is 50.8 Å². The molecule has 0 fully saturated rings. The van der Waals surface area contributed by atoms with Crippen molar-refractivity contribution in [3.63, 3.8) is 0 Å². The van der Waals surface area contributed by atoms with Gasteiger partial charge in [0.25, 0.3) is 0 Å². The van der Waals surface area contributed by atoms with Crippen LogP contribution in [0.15, 0.2) is 24.3 Å². The molecule has 0 unspecified atom stereocenters. The van der Waals surface area contributed by atoms with Crippen LogP contribution in [0, 0.1) is 0 Å². The molecule has 0 spiro atoms. The van der Waals surface area contributed by atoms with E-state index in [2.05, 4.69) is 82.0 Å². The van der Waals surface area contributed by atoms with E-state index in [0.717, 1.165) is 0 Å². The molecule has 105 valence electrons. The molecule has 0 aromatic carbocycles. The monoisotopic (exact) mass is 330 g/mol. The summed E-state index contributed by atoms with van der Waals surface area (Å²) in [4.78, 5) is 0. The van der Waals surface area contributed by atoms with Crippen molar-refractivity contribution in [1.82, 2.24) is 8.53 Å². The minimum atomic E-state index is -3.40. The summed E-state index contributed by atoms with van der Waals surface area (Å²) in [5.41, 5.74) is 0. The van der Waals surface area contributed by atoms with Gasteiger partial charge in [0.1, 0.15) is 0 Å². The van der Waals surface area contributed by atoms with Gasteiger partial charge in [-0.25, -0.2) is 0 Å². The van der Waals surface area contributed by atoms with Crippen LogP contribution in [0.4, 0.5) is 0 Å². The molecule has 4 heteroatoms. The van der Waals surface area contributed by atoms with Crippen molar-refractivity contribution in [3.05, 3.63) is 24.3 Å². The first-order chi connectivity index (χ1) is 8.34. The second kappa shape index (κ2) is 5.70. The van der Waals surface area contributed by atoms with Crippen molar-refractivity contribution in [3.8, 4) is 0 Å². The number of nitrogens with zero attached hydrogens (tertiary/aromatic N) is 3. The zero-order valence-corrected chi connectivity index (χ0v) is 15.6. The Bertz CT molecular complexity index is 308. The van der Waals surface area contributed by atoms with Crippen molar-refractivity contribution < 1.29 is 19.7 Å². The second-order valence-electron chi connectivity index (χ2n) is 6.09. The zero-order valence-electron chi connectivity index (χ0n) is 13.1. The molecule has 0 atom stereocenters. The Morgan fingerprint density at radius 1 is 0.833 bits per heavy atom. The molecule has 0 N–H and O–H groups in total. The van der Waals surface area contributed by atoms with Crippen LogP contribution in [0.2, 0.25) is 7.75 Å². The quantitative estimate of drug-likeness (QED) is 0.741. The third kappa shape index (κ3) is 1.93. The molecule has 1 aliphatic carbocycles. The summed E-state index contributed by atoms with van der Waals surface area (Å²) in [5.74, 6) is 0. The summed E-state index contributed by atoms with van der Waals surface area (Å²) in [6.45, 7) is 2.31. The van der Waals surface area contributed by atoms with E-state index >= 15 is 0 Å². The van der Waals surface area contributed by atoms with E-state index in [0.29, 0.717) is 3.63 Å². The Morgan fingerprint density at radius 3 is 1.50 bits per heavy atom. The number of rotatable bonds is 6. The summed E-state index contributed by atoms with van der Waals surface area (Å²) in [5, 5.41) is 0. The molecule has 0 bridgehead atoms. The van der Waals surface area contributed by atoms with Crippen LogP contribution in [0.5, 0.6) is 0 Å².